The van der Waals surface area contributed by atoms with Crippen LogP contribution in [0.1, 0.15) is 29.9 Å². The average molecular weight is 444 g/mol. The Morgan fingerprint density at radius 3 is 1.58 bits per heavy atom. The molecule has 4 aromatic carbocycles. The third-order valence-corrected chi connectivity index (χ3v) is 10.8. The minimum atomic E-state index is -2.30. The van der Waals surface area contributed by atoms with Crippen LogP contribution in [0.3, 0.4) is 0 Å². The fourth-order valence-electron chi connectivity index (χ4n) is 3.89. The fraction of sp³-hybridized carbons (Fsp3) is 0.111. The normalized spacial score (nSPS) is 13.5. The van der Waals surface area contributed by atoms with Gasteiger partial charge in [-0.3, -0.25) is 5.32 Å². The quantitative estimate of drug-likeness (QED) is 0.350. The Labute approximate surface area is 189 Å². The lowest BCUT2D eigenvalue weighted by atomic mass is 10.1. The van der Waals surface area contributed by atoms with Crippen LogP contribution in [0.4, 0.5) is 0 Å². The van der Waals surface area contributed by atoms with E-state index in [0.29, 0.717) is 0 Å². The number of benzene rings is 4. The minimum absolute atomic E-state index is 0.0943. The molecule has 2 nitrogen and oxygen atoms in total. The molecule has 0 aliphatic rings. The van der Waals surface area contributed by atoms with E-state index in [1.54, 1.807) is 12.1 Å². The molecule has 4 aromatic rings. The van der Waals surface area contributed by atoms with Gasteiger partial charge in [0.2, 0.25) is 0 Å². The summed E-state index contributed by atoms with van der Waals surface area (Å²) in [6.07, 6.45) is 0. The summed E-state index contributed by atoms with van der Waals surface area (Å²) >= 11 is 6.63. The zero-order valence-corrected chi connectivity index (χ0v) is 19.1. The van der Waals surface area contributed by atoms with Crippen LogP contribution in [0.2, 0.25) is 0 Å². The first kappa shape index (κ1) is 21.5. The standard InChI is InChI=1S/C27H26NOPS/c1-21(22-11-5-2-6-12-22)28-27(23-17-19-24(29)20-18-23)30(31,25-13-7-3-8-14-25)26-15-9-4-10-16-26/h2-21,27-29H,1H3. The van der Waals surface area contributed by atoms with E-state index < -0.39 is 6.04 Å². The SMILES string of the molecule is CC(NC(c1ccc(O)cc1)P(=S)(c1ccccc1)c1ccccc1)c1ccccc1. The van der Waals surface area contributed by atoms with Crippen LogP contribution < -0.4 is 15.9 Å². The Morgan fingerprint density at radius 1 is 0.645 bits per heavy atom. The van der Waals surface area contributed by atoms with Gasteiger partial charge in [-0.1, -0.05) is 115 Å². The van der Waals surface area contributed by atoms with Crippen LogP contribution in [0.15, 0.2) is 115 Å². The molecule has 0 aromatic heterocycles. The molecular weight excluding hydrogens is 417 g/mol. The zero-order chi connectivity index (χ0) is 21.7. The molecule has 2 N–H and O–H groups in total. The van der Waals surface area contributed by atoms with Crippen molar-refractivity contribution in [1.82, 2.24) is 5.32 Å². The predicted molar refractivity (Wildman–Crippen MR) is 135 cm³/mol. The first-order chi connectivity index (χ1) is 15.1. The molecule has 0 saturated carbocycles. The molecule has 0 heterocycles. The third-order valence-electron chi connectivity index (χ3n) is 5.56. The highest BCUT2D eigenvalue weighted by atomic mass is 32.4. The highest BCUT2D eigenvalue weighted by Crippen LogP contribution is 2.56. The topological polar surface area (TPSA) is 32.3 Å². The van der Waals surface area contributed by atoms with Gasteiger partial charge in [0, 0.05) is 12.1 Å². The monoisotopic (exact) mass is 443 g/mol. The number of aromatic hydroxyl groups is 1. The molecule has 0 saturated heterocycles. The predicted octanol–water partition coefficient (Wildman–Crippen LogP) is 5.87. The van der Waals surface area contributed by atoms with E-state index in [4.69, 9.17) is 11.8 Å². The molecule has 4 heteroatoms. The highest BCUT2D eigenvalue weighted by Gasteiger charge is 2.34. The molecule has 0 aliphatic carbocycles. The van der Waals surface area contributed by atoms with Crippen molar-refractivity contribution in [2.45, 2.75) is 18.7 Å². The number of nitrogens with one attached hydrogen (secondary N) is 1. The second-order valence-electron chi connectivity index (χ2n) is 7.62. The van der Waals surface area contributed by atoms with E-state index in [0.717, 1.165) is 5.56 Å². The summed E-state index contributed by atoms with van der Waals surface area (Å²) in [5.41, 5.74) is 2.30. The van der Waals surface area contributed by atoms with Crippen molar-refractivity contribution < 1.29 is 5.11 Å². The summed E-state index contributed by atoms with van der Waals surface area (Å²) in [5, 5.41) is 16.1. The smallest absolute Gasteiger partial charge is 0.115 e. The lowest BCUT2D eigenvalue weighted by Gasteiger charge is -2.35. The van der Waals surface area contributed by atoms with Gasteiger partial charge in [0.25, 0.3) is 0 Å². The van der Waals surface area contributed by atoms with Crippen molar-refractivity contribution in [3.8, 4) is 5.75 Å². The van der Waals surface area contributed by atoms with E-state index in [1.165, 1.54) is 16.2 Å². The van der Waals surface area contributed by atoms with Gasteiger partial charge < -0.3 is 5.11 Å². The lowest BCUT2D eigenvalue weighted by molar-refractivity contribution is 0.474. The third kappa shape index (κ3) is 4.65. The summed E-state index contributed by atoms with van der Waals surface area (Å²) in [6, 6.07) is 36.6. The van der Waals surface area contributed by atoms with E-state index in [1.807, 2.05) is 30.3 Å². The highest BCUT2D eigenvalue weighted by molar-refractivity contribution is 8.22. The van der Waals surface area contributed by atoms with E-state index >= 15 is 0 Å². The minimum Gasteiger partial charge on any atom is -0.508 e. The number of rotatable bonds is 7. The largest absolute Gasteiger partial charge is 0.508 e. The first-order valence-electron chi connectivity index (χ1n) is 10.4. The van der Waals surface area contributed by atoms with E-state index in [-0.39, 0.29) is 17.6 Å². The van der Waals surface area contributed by atoms with Crippen LogP contribution in [-0.2, 0) is 11.8 Å². The molecular formula is C27H26NOPS. The van der Waals surface area contributed by atoms with Crippen molar-refractivity contribution in [2.75, 3.05) is 0 Å². The van der Waals surface area contributed by atoms with Gasteiger partial charge in [0.05, 0.1) is 5.78 Å². The Morgan fingerprint density at radius 2 is 1.10 bits per heavy atom. The van der Waals surface area contributed by atoms with Gasteiger partial charge in [0.1, 0.15) is 5.75 Å². The fourth-order valence-corrected chi connectivity index (χ4v) is 8.32. The lowest BCUT2D eigenvalue weighted by Crippen LogP contribution is -2.32. The van der Waals surface area contributed by atoms with Gasteiger partial charge in [-0.25, -0.2) is 0 Å². The summed E-state index contributed by atoms with van der Waals surface area (Å²) in [4.78, 5) is 0. The number of hydrogen-bond acceptors (Lipinski definition) is 3. The van der Waals surface area contributed by atoms with Crippen molar-refractivity contribution >= 4 is 28.5 Å². The summed E-state index contributed by atoms with van der Waals surface area (Å²) in [7, 11) is 0. The molecule has 4 rings (SSSR count). The second kappa shape index (κ2) is 9.62. The Bertz CT molecular complexity index is 1100. The van der Waals surface area contributed by atoms with Crippen LogP contribution in [0.5, 0.6) is 5.75 Å². The number of hydrogen-bond donors (Lipinski definition) is 2. The average Bonchev–Trinajstić information content (AvgIpc) is 2.84. The second-order valence-corrected chi connectivity index (χ2v) is 12.2. The summed E-state index contributed by atoms with van der Waals surface area (Å²) in [6.45, 7) is 2.18. The number of phenols is 1. The molecule has 0 amide bonds. The molecule has 0 radical (unpaired) electrons. The maximum Gasteiger partial charge on any atom is 0.115 e. The molecule has 0 spiro atoms. The van der Waals surface area contributed by atoms with Crippen molar-refractivity contribution in [3.05, 3.63) is 126 Å². The summed E-state index contributed by atoms with van der Waals surface area (Å²) < 4.78 is 0. The van der Waals surface area contributed by atoms with Gasteiger partial charge in [0.15, 0.2) is 0 Å². The molecule has 0 fully saturated rings. The van der Waals surface area contributed by atoms with Crippen molar-refractivity contribution in [1.29, 1.82) is 0 Å². The van der Waals surface area contributed by atoms with Gasteiger partial charge in [-0.15, -0.1) is 0 Å². The van der Waals surface area contributed by atoms with Crippen LogP contribution in [-0.4, -0.2) is 5.11 Å². The maximum absolute atomic E-state index is 9.90. The van der Waals surface area contributed by atoms with Gasteiger partial charge >= 0.3 is 0 Å². The van der Waals surface area contributed by atoms with Crippen LogP contribution >= 0.6 is 6.04 Å². The van der Waals surface area contributed by atoms with Crippen LogP contribution in [0, 0.1) is 0 Å². The zero-order valence-electron chi connectivity index (χ0n) is 17.4. The first-order valence-corrected chi connectivity index (χ1v) is 13.3. The van der Waals surface area contributed by atoms with Crippen LogP contribution in [0.25, 0.3) is 0 Å². The Hall–Kier alpha value is -2.71. The molecule has 0 bridgehead atoms. The Kier molecular flexibility index (Phi) is 6.67. The Balaban J connectivity index is 1.88. The summed E-state index contributed by atoms with van der Waals surface area (Å²) in [5.74, 6) is 0.162. The molecule has 31 heavy (non-hydrogen) atoms. The maximum atomic E-state index is 9.90. The van der Waals surface area contributed by atoms with E-state index in [9.17, 15) is 5.11 Å². The molecule has 2 unspecified atom stereocenters. The number of phenolic OH excluding ortho intramolecular Hbond substituents is 1. The van der Waals surface area contributed by atoms with Crippen molar-refractivity contribution in [2.24, 2.45) is 0 Å². The van der Waals surface area contributed by atoms with Gasteiger partial charge in [-0.05, 0) is 40.8 Å². The van der Waals surface area contributed by atoms with Gasteiger partial charge in [-0.2, -0.15) is 0 Å². The van der Waals surface area contributed by atoms with Crippen molar-refractivity contribution in [3.63, 3.8) is 0 Å². The molecule has 156 valence electrons. The van der Waals surface area contributed by atoms with E-state index in [2.05, 4.69) is 85.0 Å². The molecule has 2 atom stereocenters. The molecule has 0 aliphatic heterocycles.